The standard InChI is InChI=1S/C16H18BrClN2O2/c1-16(2,3)22-15(21)20-11-7-5-4-6-9(11)12-13(20)10(17)8-19-14(12)18/h8H,4-7H2,1-3H3. The molecule has 2 aromatic heterocycles. The van der Waals surface area contributed by atoms with Crippen molar-refractivity contribution in [2.75, 3.05) is 0 Å². The predicted octanol–water partition coefficient (Wildman–Crippen LogP) is 5.11. The van der Waals surface area contributed by atoms with E-state index < -0.39 is 5.60 Å². The van der Waals surface area contributed by atoms with Crippen molar-refractivity contribution in [3.63, 3.8) is 0 Å². The molecule has 0 saturated carbocycles. The smallest absolute Gasteiger partial charge is 0.419 e. The third-order valence-electron chi connectivity index (χ3n) is 3.77. The number of aryl methyl sites for hydroxylation is 1. The molecule has 0 fully saturated rings. The van der Waals surface area contributed by atoms with Crippen LogP contribution in [0.1, 0.15) is 44.9 Å². The molecule has 0 saturated heterocycles. The Hall–Kier alpha value is -1.07. The third-order valence-corrected chi connectivity index (χ3v) is 4.64. The molecule has 6 heteroatoms. The zero-order chi connectivity index (χ0) is 16.1. The minimum absolute atomic E-state index is 0.358. The molecule has 0 N–H and O–H groups in total. The fraction of sp³-hybridized carbons (Fsp3) is 0.500. The number of hydrogen-bond acceptors (Lipinski definition) is 3. The summed E-state index contributed by atoms with van der Waals surface area (Å²) in [5.41, 5.74) is 2.36. The molecule has 3 rings (SSSR count). The van der Waals surface area contributed by atoms with Crippen LogP contribution in [0.4, 0.5) is 4.79 Å². The number of pyridine rings is 1. The first-order valence-corrected chi connectivity index (χ1v) is 8.56. The van der Waals surface area contributed by atoms with Crippen LogP contribution in [-0.2, 0) is 17.6 Å². The fourth-order valence-electron chi connectivity index (χ4n) is 2.99. The Morgan fingerprint density at radius 2 is 2.05 bits per heavy atom. The zero-order valence-electron chi connectivity index (χ0n) is 12.9. The number of carbonyl (C=O) groups excluding carboxylic acids is 1. The number of ether oxygens (including phenoxy) is 1. The van der Waals surface area contributed by atoms with Crippen LogP contribution in [0.25, 0.3) is 10.9 Å². The molecule has 0 amide bonds. The van der Waals surface area contributed by atoms with E-state index in [0.29, 0.717) is 5.15 Å². The molecule has 1 aliphatic rings. The summed E-state index contributed by atoms with van der Waals surface area (Å²) < 4.78 is 8.02. The molecule has 2 aromatic rings. The van der Waals surface area contributed by atoms with E-state index in [4.69, 9.17) is 16.3 Å². The van der Waals surface area contributed by atoms with Crippen molar-refractivity contribution < 1.29 is 9.53 Å². The summed E-state index contributed by atoms with van der Waals surface area (Å²) in [6.45, 7) is 5.60. The van der Waals surface area contributed by atoms with Crippen molar-refractivity contribution >= 4 is 44.5 Å². The Balaban J connectivity index is 2.29. The highest BCUT2D eigenvalue weighted by Gasteiger charge is 2.29. The van der Waals surface area contributed by atoms with Gasteiger partial charge in [0.2, 0.25) is 0 Å². The second-order valence-electron chi connectivity index (χ2n) is 6.57. The molecule has 0 aromatic carbocycles. The van der Waals surface area contributed by atoms with Crippen LogP contribution in [0, 0.1) is 0 Å². The van der Waals surface area contributed by atoms with E-state index in [2.05, 4.69) is 20.9 Å². The third kappa shape index (κ3) is 2.65. The summed E-state index contributed by atoms with van der Waals surface area (Å²) >= 11 is 9.83. The van der Waals surface area contributed by atoms with Gasteiger partial charge in [0.05, 0.1) is 9.99 Å². The maximum atomic E-state index is 12.7. The molecular formula is C16H18BrClN2O2. The monoisotopic (exact) mass is 384 g/mol. The lowest BCUT2D eigenvalue weighted by Gasteiger charge is -2.22. The lowest BCUT2D eigenvalue weighted by molar-refractivity contribution is 0.0539. The van der Waals surface area contributed by atoms with Crippen LogP contribution < -0.4 is 0 Å². The molecule has 1 aliphatic carbocycles. The maximum absolute atomic E-state index is 12.7. The number of rotatable bonds is 0. The van der Waals surface area contributed by atoms with Gasteiger partial charge in [-0.25, -0.2) is 14.3 Å². The minimum atomic E-state index is -0.543. The van der Waals surface area contributed by atoms with Crippen LogP contribution in [0.15, 0.2) is 10.7 Å². The van der Waals surface area contributed by atoms with Crippen LogP contribution in [-0.4, -0.2) is 21.2 Å². The van der Waals surface area contributed by atoms with Crippen molar-refractivity contribution in [1.82, 2.24) is 9.55 Å². The van der Waals surface area contributed by atoms with E-state index in [1.165, 1.54) is 0 Å². The Labute approximate surface area is 142 Å². The quantitative estimate of drug-likeness (QED) is 0.592. The second kappa shape index (κ2) is 5.53. The minimum Gasteiger partial charge on any atom is -0.443 e. The van der Waals surface area contributed by atoms with Crippen LogP contribution in [0.3, 0.4) is 0 Å². The van der Waals surface area contributed by atoms with Gasteiger partial charge in [-0.2, -0.15) is 0 Å². The molecule has 0 aliphatic heterocycles. The van der Waals surface area contributed by atoms with Crippen molar-refractivity contribution in [3.05, 3.63) is 27.1 Å². The van der Waals surface area contributed by atoms with Crippen molar-refractivity contribution in [3.8, 4) is 0 Å². The first kappa shape index (κ1) is 15.8. The highest BCUT2D eigenvalue weighted by molar-refractivity contribution is 9.10. The summed E-state index contributed by atoms with van der Waals surface area (Å²) in [6.07, 6.45) is 5.21. The fourth-order valence-corrected chi connectivity index (χ4v) is 3.72. The lowest BCUT2D eigenvalue weighted by atomic mass is 9.96. The average molecular weight is 386 g/mol. The molecule has 0 radical (unpaired) electrons. The van der Waals surface area contributed by atoms with E-state index in [1.807, 2.05) is 20.8 Å². The van der Waals surface area contributed by atoms with Crippen LogP contribution >= 0.6 is 27.5 Å². The maximum Gasteiger partial charge on any atom is 0.419 e. The number of fused-ring (bicyclic) bond motifs is 3. The normalized spacial score (nSPS) is 15.0. The van der Waals surface area contributed by atoms with Gasteiger partial charge in [-0.05, 0) is 67.9 Å². The van der Waals surface area contributed by atoms with Gasteiger partial charge in [-0.15, -0.1) is 0 Å². The number of carbonyl (C=O) groups is 1. The molecular weight excluding hydrogens is 368 g/mol. The summed E-state index contributed by atoms with van der Waals surface area (Å²) in [7, 11) is 0. The molecule has 2 heterocycles. The van der Waals surface area contributed by atoms with E-state index in [1.54, 1.807) is 10.8 Å². The second-order valence-corrected chi connectivity index (χ2v) is 7.78. The largest absolute Gasteiger partial charge is 0.443 e. The summed E-state index contributed by atoms with van der Waals surface area (Å²) in [5.74, 6) is 0. The van der Waals surface area contributed by atoms with Gasteiger partial charge in [0.25, 0.3) is 0 Å². The lowest BCUT2D eigenvalue weighted by Crippen LogP contribution is -2.28. The number of nitrogens with zero attached hydrogens (tertiary/aromatic N) is 2. The first-order valence-electron chi connectivity index (χ1n) is 7.39. The van der Waals surface area contributed by atoms with Gasteiger partial charge in [-0.1, -0.05) is 11.6 Å². The van der Waals surface area contributed by atoms with Crippen molar-refractivity contribution in [2.45, 2.75) is 52.1 Å². The summed E-state index contributed by atoms with van der Waals surface area (Å²) in [6, 6.07) is 0. The van der Waals surface area contributed by atoms with Gasteiger partial charge in [0.1, 0.15) is 10.8 Å². The molecule has 0 bridgehead atoms. The topological polar surface area (TPSA) is 44.1 Å². The van der Waals surface area contributed by atoms with Gasteiger partial charge in [0.15, 0.2) is 0 Å². The van der Waals surface area contributed by atoms with Crippen molar-refractivity contribution in [1.29, 1.82) is 0 Å². The number of halogens is 2. The molecule has 0 atom stereocenters. The molecule has 0 unspecified atom stereocenters. The van der Waals surface area contributed by atoms with Crippen LogP contribution in [0.2, 0.25) is 5.15 Å². The van der Waals surface area contributed by atoms with Gasteiger partial charge < -0.3 is 4.74 Å². The Kier molecular flexibility index (Phi) is 3.98. The van der Waals surface area contributed by atoms with E-state index in [-0.39, 0.29) is 6.09 Å². The van der Waals surface area contributed by atoms with E-state index in [9.17, 15) is 4.79 Å². The summed E-state index contributed by atoms with van der Waals surface area (Å²) in [4.78, 5) is 16.9. The zero-order valence-corrected chi connectivity index (χ0v) is 15.2. The van der Waals surface area contributed by atoms with Crippen molar-refractivity contribution in [2.24, 2.45) is 0 Å². The summed E-state index contributed by atoms with van der Waals surface area (Å²) in [5, 5.41) is 1.32. The molecule has 118 valence electrons. The Bertz CT molecular complexity index is 762. The first-order chi connectivity index (χ1) is 10.3. The highest BCUT2D eigenvalue weighted by atomic mass is 79.9. The Morgan fingerprint density at radius 3 is 2.73 bits per heavy atom. The van der Waals surface area contributed by atoms with E-state index in [0.717, 1.165) is 52.3 Å². The SMILES string of the molecule is CC(C)(C)OC(=O)n1c2c(c3c(Cl)ncc(Br)c31)CCCC2. The average Bonchev–Trinajstić information content (AvgIpc) is 2.77. The Morgan fingerprint density at radius 1 is 1.36 bits per heavy atom. The number of aromatic nitrogens is 2. The highest BCUT2D eigenvalue weighted by Crippen LogP contribution is 2.39. The van der Waals surface area contributed by atoms with Gasteiger partial charge >= 0.3 is 6.09 Å². The molecule has 22 heavy (non-hydrogen) atoms. The van der Waals surface area contributed by atoms with Gasteiger partial charge in [-0.3, -0.25) is 0 Å². The molecule has 0 spiro atoms. The number of hydrogen-bond donors (Lipinski definition) is 0. The molecule has 4 nitrogen and oxygen atoms in total. The van der Waals surface area contributed by atoms with E-state index >= 15 is 0 Å². The predicted molar refractivity (Wildman–Crippen MR) is 90.7 cm³/mol. The van der Waals surface area contributed by atoms with Gasteiger partial charge in [0, 0.05) is 17.3 Å². The van der Waals surface area contributed by atoms with Crippen LogP contribution in [0.5, 0.6) is 0 Å².